The topological polar surface area (TPSA) is 43.9 Å². The molecule has 0 bridgehead atoms. The minimum Gasteiger partial charge on any atom is -0.347 e. The number of amides is 2. The number of hydrogen-bond acceptors (Lipinski definition) is 3. The average molecular weight is 317 g/mol. The normalized spacial score (nSPS) is 18.0. The second-order valence-electron chi connectivity index (χ2n) is 6.54. The monoisotopic (exact) mass is 317 g/mol. The zero-order valence-electron chi connectivity index (χ0n) is 14.6. The maximum Gasteiger partial charge on any atom is 0.239 e. The Morgan fingerprint density at radius 3 is 2.57 bits per heavy atom. The van der Waals surface area contributed by atoms with Crippen molar-refractivity contribution in [3.63, 3.8) is 0 Å². The molecular weight excluding hydrogens is 290 g/mol. The summed E-state index contributed by atoms with van der Waals surface area (Å²) in [6, 6.07) is 7.95. The number of aryl methyl sites for hydroxylation is 1. The standard InChI is InChI=1S/C18H27N3O2/c1-14-8-5-6-9-15(14)12-20(4)17(22)13-21-11-7-10-16(21)18(23)19(2)3/h5-6,8-9,16H,7,10-13H2,1-4H3. The third kappa shape index (κ3) is 4.32. The maximum atomic E-state index is 12.5. The van der Waals surface area contributed by atoms with E-state index in [1.165, 1.54) is 5.56 Å². The first-order valence-corrected chi connectivity index (χ1v) is 8.14. The molecule has 1 aliphatic rings. The zero-order chi connectivity index (χ0) is 17.0. The van der Waals surface area contributed by atoms with Crippen LogP contribution in [0.25, 0.3) is 0 Å². The van der Waals surface area contributed by atoms with Gasteiger partial charge in [-0.25, -0.2) is 0 Å². The van der Waals surface area contributed by atoms with Crippen molar-refractivity contribution in [2.24, 2.45) is 0 Å². The van der Waals surface area contributed by atoms with E-state index in [-0.39, 0.29) is 17.9 Å². The summed E-state index contributed by atoms with van der Waals surface area (Å²) in [6.07, 6.45) is 1.81. The van der Waals surface area contributed by atoms with Crippen LogP contribution in [0.1, 0.15) is 24.0 Å². The van der Waals surface area contributed by atoms with Gasteiger partial charge >= 0.3 is 0 Å². The third-order valence-corrected chi connectivity index (χ3v) is 4.52. The first-order chi connectivity index (χ1) is 10.9. The Balaban J connectivity index is 1.95. The summed E-state index contributed by atoms with van der Waals surface area (Å²) in [7, 11) is 5.36. The molecule has 5 nitrogen and oxygen atoms in total. The quantitative estimate of drug-likeness (QED) is 0.827. The average Bonchev–Trinajstić information content (AvgIpc) is 2.96. The van der Waals surface area contributed by atoms with Gasteiger partial charge in [0.15, 0.2) is 0 Å². The van der Waals surface area contributed by atoms with Crippen molar-refractivity contribution in [1.29, 1.82) is 0 Å². The minimum atomic E-state index is -0.152. The van der Waals surface area contributed by atoms with Gasteiger partial charge in [0.25, 0.3) is 0 Å². The highest BCUT2D eigenvalue weighted by Gasteiger charge is 2.33. The molecule has 126 valence electrons. The van der Waals surface area contributed by atoms with Gasteiger partial charge in [0.1, 0.15) is 0 Å². The van der Waals surface area contributed by atoms with Crippen molar-refractivity contribution in [1.82, 2.24) is 14.7 Å². The number of carbonyl (C=O) groups is 2. The second kappa shape index (κ2) is 7.59. The van der Waals surface area contributed by atoms with Crippen LogP contribution < -0.4 is 0 Å². The minimum absolute atomic E-state index is 0.0618. The molecule has 1 saturated heterocycles. The first-order valence-electron chi connectivity index (χ1n) is 8.14. The summed E-state index contributed by atoms with van der Waals surface area (Å²) in [5, 5.41) is 0. The molecule has 2 amide bonds. The highest BCUT2D eigenvalue weighted by atomic mass is 16.2. The summed E-state index contributed by atoms with van der Waals surface area (Å²) in [6.45, 7) is 3.78. The van der Waals surface area contributed by atoms with Crippen LogP contribution in [0.15, 0.2) is 24.3 Å². The van der Waals surface area contributed by atoms with Crippen LogP contribution in [-0.2, 0) is 16.1 Å². The second-order valence-corrected chi connectivity index (χ2v) is 6.54. The van der Waals surface area contributed by atoms with Crippen LogP contribution in [-0.4, -0.2) is 66.8 Å². The van der Waals surface area contributed by atoms with Crippen molar-refractivity contribution < 1.29 is 9.59 Å². The molecule has 1 aromatic rings. The fourth-order valence-corrected chi connectivity index (χ4v) is 3.02. The highest BCUT2D eigenvalue weighted by Crippen LogP contribution is 2.19. The van der Waals surface area contributed by atoms with E-state index < -0.39 is 0 Å². The number of rotatable bonds is 5. The van der Waals surface area contributed by atoms with E-state index in [4.69, 9.17) is 0 Å². The van der Waals surface area contributed by atoms with Gasteiger partial charge in [0.2, 0.25) is 11.8 Å². The zero-order valence-corrected chi connectivity index (χ0v) is 14.6. The lowest BCUT2D eigenvalue weighted by Gasteiger charge is -2.27. The number of likely N-dealkylation sites (N-methyl/N-ethyl adjacent to an activating group) is 2. The van der Waals surface area contributed by atoms with E-state index in [0.29, 0.717) is 13.1 Å². The van der Waals surface area contributed by atoms with Crippen molar-refractivity contribution in [3.05, 3.63) is 35.4 Å². The molecule has 1 atom stereocenters. The number of benzene rings is 1. The Labute approximate surface area is 138 Å². The molecule has 0 aliphatic carbocycles. The van der Waals surface area contributed by atoms with Gasteiger partial charge in [0, 0.05) is 27.7 Å². The van der Waals surface area contributed by atoms with Crippen molar-refractivity contribution in [2.45, 2.75) is 32.4 Å². The molecule has 0 radical (unpaired) electrons. The van der Waals surface area contributed by atoms with Gasteiger partial charge < -0.3 is 9.80 Å². The Kier molecular flexibility index (Phi) is 5.77. The summed E-state index contributed by atoms with van der Waals surface area (Å²) in [4.78, 5) is 30.1. The van der Waals surface area contributed by atoms with Crippen LogP contribution in [0.4, 0.5) is 0 Å². The third-order valence-electron chi connectivity index (χ3n) is 4.52. The van der Waals surface area contributed by atoms with Crippen LogP contribution in [0.5, 0.6) is 0 Å². The summed E-state index contributed by atoms with van der Waals surface area (Å²) < 4.78 is 0. The van der Waals surface area contributed by atoms with Gasteiger partial charge in [-0.1, -0.05) is 24.3 Å². The molecule has 0 saturated carbocycles. The van der Waals surface area contributed by atoms with E-state index in [9.17, 15) is 9.59 Å². The molecule has 0 aromatic heterocycles. The van der Waals surface area contributed by atoms with Gasteiger partial charge in [-0.2, -0.15) is 0 Å². The number of nitrogens with zero attached hydrogens (tertiary/aromatic N) is 3. The number of carbonyl (C=O) groups excluding carboxylic acids is 2. The lowest BCUT2D eigenvalue weighted by Crippen LogP contribution is -2.46. The fraction of sp³-hybridized carbons (Fsp3) is 0.556. The predicted octanol–water partition coefficient (Wildman–Crippen LogP) is 1.51. The molecule has 2 rings (SSSR count). The summed E-state index contributed by atoms with van der Waals surface area (Å²) in [5.41, 5.74) is 2.35. The first kappa shape index (κ1) is 17.5. The molecule has 0 N–H and O–H groups in total. The molecule has 1 aliphatic heterocycles. The number of likely N-dealkylation sites (tertiary alicyclic amines) is 1. The Morgan fingerprint density at radius 1 is 1.22 bits per heavy atom. The molecular formula is C18H27N3O2. The molecule has 1 aromatic carbocycles. The van der Waals surface area contributed by atoms with Crippen LogP contribution in [0.2, 0.25) is 0 Å². The van der Waals surface area contributed by atoms with E-state index >= 15 is 0 Å². The van der Waals surface area contributed by atoms with E-state index in [1.807, 2.05) is 30.1 Å². The highest BCUT2D eigenvalue weighted by molar-refractivity contribution is 5.83. The smallest absolute Gasteiger partial charge is 0.239 e. The maximum absolute atomic E-state index is 12.5. The van der Waals surface area contributed by atoms with Crippen molar-refractivity contribution in [2.75, 3.05) is 34.2 Å². The lowest BCUT2D eigenvalue weighted by atomic mass is 10.1. The molecule has 1 unspecified atom stereocenters. The SMILES string of the molecule is Cc1ccccc1CN(C)C(=O)CN1CCCC1C(=O)N(C)C. The van der Waals surface area contributed by atoms with E-state index in [2.05, 4.69) is 13.0 Å². The van der Waals surface area contributed by atoms with E-state index in [0.717, 1.165) is 24.9 Å². The van der Waals surface area contributed by atoms with Crippen molar-refractivity contribution in [3.8, 4) is 0 Å². The molecule has 1 heterocycles. The van der Waals surface area contributed by atoms with Crippen molar-refractivity contribution >= 4 is 11.8 Å². The van der Waals surface area contributed by atoms with Gasteiger partial charge in [0.05, 0.1) is 12.6 Å². The summed E-state index contributed by atoms with van der Waals surface area (Å²) >= 11 is 0. The Hall–Kier alpha value is -1.88. The van der Waals surface area contributed by atoms with Crippen LogP contribution in [0.3, 0.4) is 0 Å². The summed E-state index contributed by atoms with van der Waals surface area (Å²) in [5.74, 6) is 0.156. The van der Waals surface area contributed by atoms with Gasteiger partial charge in [-0.05, 0) is 37.4 Å². The largest absolute Gasteiger partial charge is 0.347 e. The van der Waals surface area contributed by atoms with Gasteiger partial charge in [-0.15, -0.1) is 0 Å². The lowest BCUT2D eigenvalue weighted by molar-refractivity contribution is -0.136. The number of hydrogen-bond donors (Lipinski definition) is 0. The molecule has 23 heavy (non-hydrogen) atoms. The molecule has 0 spiro atoms. The predicted molar refractivity (Wildman–Crippen MR) is 90.9 cm³/mol. The fourth-order valence-electron chi connectivity index (χ4n) is 3.02. The molecule has 1 fully saturated rings. The van der Waals surface area contributed by atoms with E-state index in [1.54, 1.807) is 23.9 Å². The Morgan fingerprint density at radius 2 is 1.91 bits per heavy atom. The molecule has 5 heteroatoms. The van der Waals surface area contributed by atoms with Gasteiger partial charge in [-0.3, -0.25) is 14.5 Å². The van der Waals surface area contributed by atoms with Crippen LogP contribution in [0, 0.1) is 6.92 Å². The van der Waals surface area contributed by atoms with Crippen LogP contribution >= 0.6 is 0 Å². The Bertz CT molecular complexity index is 571.